The molecule has 2 heteroatoms. The minimum atomic E-state index is -0.961. The summed E-state index contributed by atoms with van der Waals surface area (Å²) in [5.41, 5.74) is 7.90. The molecular formula is C28H24O2. The van der Waals surface area contributed by atoms with E-state index in [1.807, 2.05) is 12.1 Å². The fourth-order valence-corrected chi connectivity index (χ4v) is 3.94. The number of benzene rings is 3. The monoisotopic (exact) mass is 392 g/mol. The van der Waals surface area contributed by atoms with Crippen molar-refractivity contribution in [3.63, 3.8) is 0 Å². The van der Waals surface area contributed by atoms with Crippen LogP contribution in [0.3, 0.4) is 0 Å². The van der Waals surface area contributed by atoms with Gasteiger partial charge in [0.2, 0.25) is 0 Å². The van der Waals surface area contributed by atoms with E-state index in [9.17, 15) is 9.90 Å². The lowest BCUT2D eigenvalue weighted by molar-refractivity contribution is 0.0696. The number of allylic oxidation sites excluding steroid dienone is 1. The molecule has 2 nitrogen and oxygen atoms in total. The van der Waals surface area contributed by atoms with Crippen molar-refractivity contribution in [2.75, 3.05) is 0 Å². The second-order valence-electron chi connectivity index (χ2n) is 8.43. The molecule has 0 aliphatic heterocycles. The topological polar surface area (TPSA) is 37.3 Å². The Balaban J connectivity index is 1.79. The molecule has 4 rings (SSSR count). The van der Waals surface area contributed by atoms with Crippen molar-refractivity contribution in [3.05, 3.63) is 112 Å². The van der Waals surface area contributed by atoms with Gasteiger partial charge in [0.1, 0.15) is 0 Å². The van der Waals surface area contributed by atoms with Gasteiger partial charge in [-0.05, 0) is 65.3 Å². The molecule has 0 spiro atoms. The second-order valence-corrected chi connectivity index (χ2v) is 8.43. The summed E-state index contributed by atoms with van der Waals surface area (Å²) in [4.78, 5) is 11.4. The van der Waals surface area contributed by atoms with E-state index in [1.54, 1.807) is 18.2 Å². The molecule has 0 heterocycles. The number of rotatable bonds is 2. The third-order valence-electron chi connectivity index (χ3n) is 5.72. The predicted octanol–water partition coefficient (Wildman–Crippen LogP) is 6.21. The van der Waals surface area contributed by atoms with Crippen molar-refractivity contribution in [1.29, 1.82) is 0 Å². The molecule has 0 atom stereocenters. The minimum absolute atomic E-state index is 0.0609. The molecule has 0 amide bonds. The van der Waals surface area contributed by atoms with Crippen LogP contribution in [-0.4, -0.2) is 11.1 Å². The minimum Gasteiger partial charge on any atom is -0.478 e. The molecule has 0 bridgehead atoms. The summed E-state index contributed by atoms with van der Waals surface area (Å²) in [6, 6.07) is 21.8. The van der Waals surface area contributed by atoms with Gasteiger partial charge in [0, 0.05) is 11.1 Å². The first kappa shape index (κ1) is 19.7. The molecule has 148 valence electrons. The lowest BCUT2D eigenvalue weighted by Gasteiger charge is -2.32. The van der Waals surface area contributed by atoms with Gasteiger partial charge < -0.3 is 5.11 Å². The van der Waals surface area contributed by atoms with Crippen molar-refractivity contribution >= 4 is 11.5 Å². The Hall–Kier alpha value is -3.57. The third-order valence-corrected chi connectivity index (χ3v) is 5.72. The van der Waals surface area contributed by atoms with E-state index in [0.717, 1.165) is 12.0 Å². The first-order chi connectivity index (χ1) is 14.3. The molecule has 0 aromatic heterocycles. The third kappa shape index (κ3) is 3.80. The van der Waals surface area contributed by atoms with E-state index < -0.39 is 5.97 Å². The van der Waals surface area contributed by atoms with E-state index in [4.69, 9.17) is 0 Å². The lowest BCUT2D eigenvalue weighted by atomic mass is 9.72. The van der Waals surface area contributed by atoms with Crippen LogP contribution in [0.4, 0.5) is 0 Å². The summed E-state index contributed by atoms with van der Waals surface area (Å²) < 4.78 is 0. The molecule has 3 aromatic carbocycles. The smallest absolute Gasteiger partial charge is 0.336 e. The van der Waals surface area contributed by atoms with Gasteiger partial charge in [0.25, 0.3) is 0 Å². The molecule has 1 aliphatic rings. The normalized spacial score (nSPS) is 14.2. The van der Waals surface area contributed by atoms with Crippen LogP contribution in [0.1, 0.15) is 64.0 Å². The van der Waals surface area contributed by atoms with Crippen molar-refractivity contribution in [3.8, 4) is 11.8 Å². The molecular weight excluding hydrogens is 368 g/mol. The Morgan fingerprint density at radius 1 is 0.967 bits per heavy atom. The van der Waals surface area contributed by atoms with Gasteiger partial charge >= 0.3 is 5.97 Å². The summed E-state index contributed by atoms with van der Waals surface area (Å²) >= 11 is 0. The quantitative estimate of drug-likeness (QED) is 0.527. The van der Waals surface area contributed by atoms with Crippen LogP contribution in [0.25, 0.3) is 5.57 Å². The highest BCUT2D eigenvalue weighted by atomic mass is 16.4. The molecule has 30 heavy (non-hydrogen) atoms. The standard InChI is InChI=1S/C28H24O2/c1-19-8-12-22(13-9-19)23-16-17-28(2,3)26-15-11-20(18-25(23)26)10-14-21-6-4-5-7-24(21)27(29)30/h4-9,11-13,15-16,18H,17H2,1-3H3,(H,29,30). The first-order valence-electron chi connectivity index (χ1n) is 10.1. The summed E-state index contributed by atoms with van der Waals surface area (Å²) in [6.45, 7) is 6.63. The highest BCUT2D eigenvalue weighted by Gasteiger charge is 2.28. The predicted molar refractivity (Wildman–Crippen MR) is 122 cm³/mol. The molecule has 0 radical (unpaired) electrons. The number of carboxylic acid groups (broad SMARTS) is 1. The maximum absolute atomic E-state index is 11.4. The van der Waals surface area contributed by atoms with Gasteiger partial charge in [-0.25, -0.2) is 4.79 Å². The average molecular weight is 392 g/mol. The van der Waals surface area contributed by atoms with E-state index in [1.165, 1.54) is 27.8 Å². The number of carboxylic acids is 1. The van der Waals surface area contributed by atoms with Crippen LogP contribution in [0.15, 0.2) is 72.8 Å². The number of aryl methyl sites for hydroxylation is 1. The molecule has 3 aromatic rings. The number of hydrogen-bond donors (Lipinski definition) is 1. The summed E-state index contributed by atoms with van der Waals surface area (Å²) in [6.07, 6.45) is 3.31. The number of aromatic carboxylic acids is 1. The van der Waals surface area contributed by atoms with Crippen LogP contribution >= 0.6 is 0 Å². The molecule has 0 fully saturated rings. The van der Waals surface area contributed by atoms with Gasteiger partial charge in [-0.1, -0.05) is 79.8 Å². The van der Waals surface area contributed by atoms with Crippen molar-refractivity contribution < 1.29 is 9.90 Å². The maximum atomic E-state index is 11.4. The molecule has 0 saturated carbocycles. The van der Waals surface area contributed by atoms with E-state index in [-0.39, 0.29) is 11.0 Å². The fraction of sp³-hybridized carbons (Fsp3) is 0.179. The zero-order chi connectivity index (χ0) is 21.3. The van der Waals surface area contributed by atoms with Gasteiger partial charge in [-0.2, -0.15) is 0 Å². The first-order valence-corrected chi connectivity index (χ1v) is 10.1. The number of fused-ring (bicyclic) bond motifs is 1. The zero-order valence-corrected chi connectivity index (χ0v) is 17.5. The van der Waals surface area contributed by atoms with E-state index in [0.29, 0.717) is 5.56 Å². The molecule has 0 unspecified atom stereocenters. The SMILES string of the molecule is Cc1ccc(C2=CCC(C)(C)c3ccc(C#Cc4ccccc4C(=O)O)cc32)cc1. The maximum Gasteiger partial charge on any atom is 0.336 e. The van der Waals surface area contributed by atoms with Crippen molar-refractivity contribution in [2.45, 2.75) is 32.6 Å². The fourth-order valence-electron chi connectivity index (χ4n) is 3.94. The average Bonchev–Trinajstić information content (AvgIpc) is 2.73. The summed E-state index contributed by atoms with van der Waals surface area (Å²) in [7, 11) is 0. The van der Waals surface area contributed by atoms with Crippen LogP contribution in [0.5, 0.6) is 0 Å². The molecule has 1 aliphatic carbocycles. The largest absolute Gasteiger partial charge is 0.478 e. The highest BCUT2D eigenvalue weighted by Crippen LogP contribution is 2.41. The van der Waals surface area contributed by atoms with Gasteiger partial charge in [-0.15, -0.1) is 0 Å². The Labute approximate surface area is 177 Å². The van der Waals surface area contributed by atoms with E-state index in [2.05, 4.69) is 75.1 Å². The summed E-state index contributed by atoms with van der Waals surface area (Å²) in [5.74, 6) is 5.26. The van der Waals surface area contributed by atoms with Crippen LogP contribution in [-0.2, 0) is 5.41 Å². The summed E-state index contributed by atoms with van der Waals surface area (Å²) in [5, 5.41) is 9.38. The van der Waals surface area contributed by atoms with Gasteiger partial charge in [0.15, 0.2) is 0 Å². The lowest BCUT2D eigenvalue weighted by Crippen LogP contribution is -2.22. The number of hydrogen-bond acceptors (Lipinski definition) is 1. The van der Waals surface area contributed by atoms with Crippen LogP contribution < -0.4 is 0 Å². The Morgan fingerprint density at radius 2 is 1.70 bits per heavy atom. The van der Waals surface area contributed by atoms with Crippen LogP contribution in [0, 0.1) is 18.8 Å². The van der Waals surface area contributed by atoms with Gasteiger partial charge in [0.05, 0.1) is 5.56 Å². The number of carbonyl (C=O) groups is 1. The van der Waals surface area contributed by atoms with E-state index >= 15 is 0 Å². The highest BCUT2D eigenvalue weighted by molar-refractivity contribution is 5.90. The molecule has 1 N–H and O–H groups in total. The Morgan fingerprint density at radius 3 is 2.43 bits per heavy atom. The van der Waals surface area contributed by atoms with Crippen molar-refractivity contribution in [2.24, 2.45) is 0 Å². The van der Waals surface area contributed by atoms with Crippen LogP contribution in [0.2, 0.25) is 0 Å². The van der Waals surface area contributed by atoms with Crippen molar-refractivity contribution in [1.82, 2.24) is 0 Å². The zero-order valence-electron chi connectivity index (χ0n) is 17.5. The Bertz CT molecular complexity index is 1220. The molecule has 0 saturated heterocycles. The second kappa shape index (κ2) is 7.69. The van der Waals surface area contributed by atoms with Gasteiger partial charge in [-0.3, -0.25) is 0 Å². The Kier molecular flexibility index (Phi) is 5.06.